The molecule has 0 spiro atoms. The van der Waals surface area contributed by atoms with E-state index < -0.39 is 0 Å². The third kappa shape index (κ3) is 5.31. The van der Waals surface area contributed by atoms with Crippen LogP contribution in [0.15, 0.2) is 47.4 Å². The van der Waals surface area contributed by atoms with Crippen molar-refractivity contribution in [2.45, 2.75) is 11.3 Å². The van der Waals surface area contributed by atoms with Gasteiger partial charge in [-0.1, -0.05) is 23.7 Å². The molecule has 1 aliphatic rings. The molecular weight excluding hydrogens is 376 g/mol. The maximum absolute atomic E-state index is 11.9. The molecule has 1 heterocycles. The first-order chi connectivity index (χ1) is 12.6. The number of nitrogens with one attached hydrogen (secondary N) is 2. The van der Waals surface area contributed by atoms with Gasteiger partial charge in [0, 0.05) is 9.92 Å². The van der Waals surface area contributed by atoms with Gasteiger partial charge in [0.15, 0.2) is 11.5 Å². The highest BCUT2D eigenvalue weighted by Gasteiger charge is 2.13. The van der Waals surface area contributed by atoms with Crippen LogP contribution in [0.4, 0.5) is 0 Å². The van der Waals surface area contributed by atoms with Crippen LogP contribution in [0.5, 0.6) is 11.5 Å². The minimum Gasteiger partial charge on any atom is -0.486 e. The summed E-state index contributed by atoms with van der Waals surface area (Å²) in [6.45, 7) is 1.05. The number of benzene rings is 2. The SMILES string of the molecule is O=C(CSc1ccc2c(c1)OCCO2)NNC(=O)Cc1ccc(Cl)cc1. The number of thioether (sulfide) groups is 1. The van der Waals surface area contributed by atoms with Crippen molar-refractivity contribution in [3.8, 4) is 11.5 Å². The van der Waals surface area contributed by atoms with Crippen molar-refractivity contribution >= 4 is 35.2 Å². The first-order valence-electron chi connectivity index (χ1n) is 7.95. The van der Waals surface area contributed by atoms with Crippen LogP contribution < -0.4 is 20.3 Å². The summed E-state index contributed by atoms with van der Waals surface area (Å²) in [6, 6.07) is 12.5. The van der Waals surface area contributed by atoms with E-state index in [0.29, 0.717) is 29.7 Å². The molecule has 0 saturated heterocycles. The Kier molecular flexibility index (Phi) is 6.25. The molecule has 0 fully saturated rings. The molecule has 2 aromatic rings. The average molecular weight is 393 g/mol. The Morgan fingerprint density at radius 2 is 1.65 bits per heavy atom. The molecule has 3 rings (SSSR count). The summed E-state index contributed by atoms with van der Waals surface area (Å²) in [4.78, 5) is 24.6. The first-order valence-corrected chi connectivity index (χ1v) is 9.31. The Morgan fingerprint density at radius 3 is 2.42 bits per heavy atom. The lowest BCUT2D eigenvalue weighted by molar-refractivity contribution is -0.127. The van der Waals surface area contributed by atoms with Crippen molar-refractivity contribution in [2.24, 2.45) is 0 Å². The molecule has 0 saturated carbocycles. The number of ether oxygens (including phenoxy) is 2. The molecule has 0 aromatic heterocycles. The highest BCUT2D eigenvalue weighted by atomic mass is 35.5. The number of carbonyl (C=O) groups excluding carboxylic acids is 2. The van der Waals surface area contributed by atoms with E-state index in [1.165, 1.54) is 11.8 Å². The predicted molar refractivity (Wildman–Crippen MR) is 99.6 cm³/mol. The number of fused-ring (bicyclic) bond motifs is 1. The van der Waals surface area contributed by atoms with Gasteiger partial charge in [-0.25, -0.2) is 0 Å². The van der Waals surface area contributed by atoms with E-state index in [2.05, 4.69) is 10.9 Å². The van der Waals surface area contributed by atoms with Crippen LogP contribution in [0.2, 0.25) is 5.02 Å². The lowest BCUT2D eigenvalue weighted by Gasteiger charge is -2.18. The van der Waals surface area contributed by atoms with Gasteiger partial charge < -0.3 is 9.47 Å². The fraction of sp³-hybridized carbons (Fsp3) is 0.222. The molecule has 2 N–H and O–H groups in total. The number of carbonyl (C=O) groups is 2. The number of amides is 2. The molecule has 2 amide bonds. The Bertz CT molecular complexity index is 798. The maximum atomic E-state index is 11.9. The standard InChI is InChI=1S/C18H17ClN2O4S/c19-13-3-1-12(2-4-13)9-17(22)20-21-18(23)11-26-14-5-6-15-16(10-14)25-8-7-24-15/h1-6,10H,7-9,11H2,(H,20,22)(H,21,23). The van der Waals surface area contributed by atoms with Crippen molar-refractivity contribution in [1.29, 1.82) is 0 Å². The van der Waals surface area contributed by atoms with Crippen LogP contribution in [0, 0.1) is 0 Å². The molecule has 0 radical (unpaired) electrons. The van der Waals surface area contributed by atoms with Gasteiger partial charge in [-0.2, -0.15) is 0 Å². The third-order valence-electron chi connectivity index (χ3n) is 3.50. The van der Waals surface area contributed by atoms with Crippen molar-refractivity contribution in [3.63, 3.8) is 0 Å². The Balaban J connectivity index is 1.41. The molecule has 0 atom stereocenters. The molecule has 0 unspecified atom stereocenters. The third-order valence-corrected chi connectivity index (χ3v) is 4.75. The molecule has 0 aliphatic carbocycles. The van der Waals surface area contributed by atoms with E-state index in [4.69, 9.17) is 21.1 Å². The second kappa shape index (κ2) is 8.82. The van der Waals surface area contributed by atoms with Crippen molar-refractivity contribution in [1.82, 2.24) is 10.9 Å². The van der Waals surface area contributed by atoms with Gasteiger partial charge in [-0.3, -0.25) is 20.4 Å². The van der Waals surface area contributed by atoms with Gasteiger partial charge in [-0.05, 0) is 35.9 Å². The molecule has 0 bridgehead atoms. The summed E-state index contributed by atoms with van der Waals surface area (Å²) in [5, 5.41) is 0.610. The number of hydrogen-bond donors (Lipinski definition) is 2. The van der Waals surface area contributed by atoms with Crippen LogP contribution in [-0.4, -0.2) is 30.8 Å². The lowest BCUT2D eigenvalue weighted by Crippen LogP contribution is -2.43. The van der Waals surface area contributed by atoms with Gasteiger partial charge in [0.25, 0.3) is 0 Å². The Morgan fingerprint density at radius 1 is 0.962 bits per heavy atom. The van der Waals surface area contributed by atoms with E-state index in [9.17, 15) is 9.59 Å². The van der Waals surface area contributed by atoms with Crippen LogP contribution in [0.25, 0.3) is 0 Å². The zero-order valence-electron chi connectivity index (χ0n) is 13.8. The van der Waals surface area contributed by atoms with Crippen molar-refractivity contribution < 1.29 is 19.1 Å². The van der Waals surface area contributed by atoms with Crippen LogP contribution in [0.1, 0.15) is 5.56 Å². The summed E-state index contributed by atoms with van der Waals surface area (Å²) in [6.07, 6.45) is 0.159. The van der Waals surface area contributed by atoms with E-state index >= 15 is 0 Å². The fourth-order valence-electron chi connectivity index (χ4n) is 2.27. The summed E-state index contributed by atoms with van der Waals surface area (Å²) in [5.74, 6) is 0.956. The van der Waals surface area contributed by atoms with Gasteiger partial charge in [0.05, 0.1) is 12.2 Å². The normalized spacial score (nSPS) is 12.3. The fourth-order valence-corrected chi connectivity index (χ4v) is 3.12. The molecule has 26 heavy (non-hydrogen) atoms. The molecule has 6 nitrogen and oxygen atoms in total. The smallest absolute Gasteiger partial charge is 0.248 e. The summed E-state index contributed by atoms with van der Waals surface area (Å²) in [5.41, 5.74) is 5.62. The topological polar surface area (TPSA) is 76.7 Å². The maximum Gasteiger partial charge on any atom is 0.248 e. The van der Waals surface area contributed by atoms with Crippen LogP contribution >= 0.6 is 23.4 Å². The van der Waals surface area contributed by atoms with Gasteiger partial charge in [0.1, 0.15) is 13.2 Å². The summed E-state index contributed by atoms with van der Waals surface area (Å²) >= 11 is 7.15. The second-order valence-electron chi connectivity index (χ2n) is 5.49. The zero-order valence-corrected chi connectivity index (χ0v) is 15.4. The first kappa shape index (κ1) is 18.4. The highest BCUT2D eigenvalue weighted by molar-refractivity contribution is 8.00. The second-order valence-corrected chi connectivity index (χ2v) is 6.98. The van der Waals surface area contributed by atoms with E-state index in [1.54, 1.807) is 24.3 Å². The monoisotopic (exact) mass is 392 g/mol. The van der Waals surface area contributed by atoms with E-state index in [1.807, 2.05) is 18.2 Å². The molecule has 2 aromatic carbocycles. The Hall–Kier alpha value is -2.38. The number of halogens is 1. The van der Waals surface area contributed by atoms with Gasteiger partial charge in [-0.15, -0.1) is 11.8 Å². The summed E-state index contributed by atoms with van der Waals surface area (Å²) in [7, 11) is 0. The minimum absolute atomic E-state index is 0.159. The number of hydrazine groups is 1. The largest absolute Gasteiger partial charge is 0.486 e. The van der Waals surface area contributed by atoms with E-state index in [-0.39, 0.29) is 24.0 Å². The van der Waals surface area contributed by atoms with Gasteiger partial charge >= 0.3 is 0 Å². The van der Waals surface area contributed by atoms with Crippen LogP contribution in [0.3, 0.4) is 0 Å². The molecule has 1 aliphatic heterocycles. The quantitative estimate of drug-likeness (QED) is 0.604. The summed E-state index contributed by atoms with van der Waals surface area (Å²) < 4.78 is 11.0. The van der Waals surface area contributed by atoms with Crippen molar-refractivity contribution in [3.05, 3.63) is 53.1 Å². The number of rotatable bonds is 5. The number of hydrogen-bond acceptors (Lipinski definition) is 5. The van der Waals surface area contributed by atoms with Gasteiger partial charge in [0.2, 0.25) is 11.8 Å². The van der Waals surface area contributed by atoms with Crippen molar-refractivity contribution in [2.75, 3.05) is 19.0 Å². The molecular formula is C18H17ClN2O4S. The predicted octanol–water partition coefficient (Wildman–Crippen LogP) is 2.59. The van der Waals surface area contributed by atoms with E-state index in [0.717, 1.165) is 10.5 Å². The zero-order chi connectivity index (χ0) is 18.4. The Labute approximate surface area is 160 Å². The lowest BCUT2D eigenvalue weighted by atomic mass is 10.1. The average Bonchev–Trinajstić information content (AvgIpc) is 2.66. The minimum atomic E-state index is -0.301. The molecule has 136 valence electrons. The van der Waals surface area contributed by atoms with Crippen LogP contribution in [-0.2, 0) is 16.0 Å². The molecule has 8 heteroatoms. The highest BCUT2D eigenvalue weighted by Crippen LogP contribution is 2.34.